The monoisotopic (exact) mass is 295 g/mol. The number of nitrogens with one attached hydrogen (secondary N) is 1. The molecule has 1 aromatic carbocycles. The van der Waals surface area contributed by atoms with E-state index in [0.717, 1.165) is 6.07 Å². The average Bonchev–Trinajstić information content (AvgIpc) is 2.89. The van der Waals surface area contributed by atoms with Crippen LogP contribution in [0.5, 0.6) is 0 Å². The second-order valence-corrected chi connectivity index (χ2v) is 5.49. The number of fused-ring (bicyclic) bond motifs is 1. The highest BCUT2D eigenvalue weighted by Gasteiger charge is 2.44. The molecular weight excluding hydrogens is 282 g/mol. The van der Waals surface area contributed by atoms with Gasteiger partial charge in [-0.25, -0.2) is 0 Å². The van der Waals surface area contributed by atoms with E-state index in [-0.39, 0.29) is 5.52 Å². The maximum atomic E-state index is 13.0. The summed E-state index contributed by atoms with van der Waals surface area (Å²) in [7, 11) is -0.777. The van der Waals surface area contributed by atoms with Crippen LogP contribution in [0, 0.1) is 0 Å². The molecule has 2 aromatic rings. The van der Waals surface area contributed by atoms with E-state index in [2.05, 4.69) is 11.6 Å². The molecular formula is C14H13BF3NO2. The molecule has 1 N–H and O–H groups in total. The molecule has 110 valence electrons. The fourth-order valence-corrected chi connectivity index (χ4v) is 2.30. The Balaban J connectivity index is 2.05. The van der Waals surface area contributed by atoms with E-state index in [1.54, 1.807) is 26.0 Å². The second-order valence-electron chi connectivity index (χ2n) is 5.49. The lowest BCUT2D eigenvalue weighted by Crippen LogP contribution is -2.35. The molecule has 21 heavy (non-hydrogen) atoms. The van der Waals surface area contributed by atoms with Gasteiger partial charge in [-0.05, 0) is 31.4 Å². The molecule has 0 aliphatic carbocycles. The smallest absolute Gasteiger partial charge is 0.533 e. The zero-order chi connectivity index (χ0) is 15.4. The Bertz CT molecular complexity index is 721. The Labute approximate surface area is 119 Å². The SMILES string of the molecule is C=C1OB(c2cc3cccc(C(F)(F)F)c3[nH]2)OC1(C)C. The summed E-state index contributed by atoms with van der Waals surface area (Å²) in [6.45, 7) is 7.33. The molecule has 1 aliphatic rings. The number of hydrogen-bond acceptors (Lipinski definition) is 2. The number of rotatable bonds is 1. The van der Waals surface area contributed by atoms with E-state index in [4.69, 9.17) is 9.31 Å². The van der Waals surface area contributed by atoms with Crippen LogP contribution in [-0.2, 0) is 15.5 Å². The van der Waals surface area contributed by atoms with Crippen molar-refractivity contribution < 1.29 is 22.5 Å². The average molecular weight is 295 g/mol. The molecule has 3 nitrogen and oxygen atoms in total. The summed E-state index contributed by atoms with van der Waals surface area (Å²) in [5.74, 6) is 0.446. The van der Waals surface area contributed by atoms with Gasteiger partial charge in [-0.15, -0.1) is 0 Å². The molecule has 0 atom stereocenters. The van der Waals surface area contributed by atoms with Crippen LogP contribution in [-0.4, -0.2) is 17.7 Å². The topological polar surface area (TPSA) is 34.2 Å². The van der Waals surface area contributed by atoms with Gasteiger partial charge in [0, 0.05) is 0 Å². The summed E-state index contributed by atoms with van der Waals surface area (Å²) < 4.78 is 50.1. The van der Waals surface area contributed by atoms with Gasteiger partial charge < -0.3 is 14.3 Å². The lowest BCUT2D eigenvalue weighted by Gasteiger charge is -2.15. The molecule has 0 radical (unpaired) electrons. The van der Waals surface area contributed by atoms with Crippen molar-refractivity contribution in [2.45, 2.75) is 25.6 Å². The minimum absolute atomic E-state index is 0.0301. The Hall–Kier alpha value is -1.89. The molecule has 1 aromatic heterocycles. The normalized spacial score (nSPS) is 18.3. The summed E-state index contributed by atoms with van der Waals surface area (Å²) in [4.78, 5) is 2.76. The van der Waals surface area contributed by atoms with Crippen LogP contribution in [0.3, 0.4) is 0 Å². The summed E-state index contributed by atoms with van der Waals surface area (Å²) in [5, 5.41) is 0.461. The van der Waals surface area contributed by atoms with Gasteiger partial charge in [0.25, 0.3) is 0 Å². The third-order valence-electron chi connectivity index (χ3n) is 3.56. The third-order valence-corrected chi connectivity index (χ3v) is 3.56. The van der Waals surface area contributed by atoms with Crippen molar-refractivity contribution in [2.24, 2.45) is 0 Å². The van der Waals surface area contributed by atoms with Crippen molar-refractivity contribution >= 4 is 23.6 Å². The molecule has 2 heterocycles. The van der Waals surface area contributed by atoms with Crippen LogP contribution in [0.1, 0.15) is 19.4 Å². The van der Waals surface area contributed by atoms with E-state index in [0.29, 0.717) is 16.7 Å². The third kappa shape index (κ3) is 2.31. The first kappa shape index (κ1) is 14.1. The first-order chi connectivity index (χ1) is 9.68. The number of aromatic nitrogens is 1. The van der Waals surface area contributed by atoms with Gasteiger partial charge >= 0.3 is 13.3 Å². The predicted octanol–water partition coefficient (Wildman–Crippen LogP) is 3.22. The van der Waals surface area contributed by atoms with Crippen LogP contribution < -0.4 is 5.59 Å². The Morgan fingerprint density at radius 2 is 2.00 bits per heavy atom. The van der Waals surface area contributed by atoms with Crippen LogP contribution >= 0.6 is 0 Å². The van der Waals surface area contributed by atoms with Gasteiger partial charge in [-0.1, -0.05) is 18.7 Å². The fraction of sp³-hybridized carbons (Fsp3) is 0.286. The highest BCUT2D eigenvalue weighted by molar-refractivity contribution is 6.62. The van der Waals surface area contributed by atoms with Crippen molar-refractivity contribution in [1.82, 2.24) is 4.98 Å². The molecule has 1 aliphatic heterocycles. The largest absolute Gasteiger partial charge is 0.580 e. The van der Waals surface area contributed by atoms with Crippen molar-refractivity contribution in [3.8, 4) is 0 Å². The van der Waals surface area contributed by atoms with Gasteiger partial charge in [0.15, 0.2) is 0 Å². The van der Waals surface area contributed by atoms with Crippen LogP contribution in [0.2, 0.25) is 0 Å². The number of halogens is 3. The Morgan fingerprint density at radius 1 is 1.29 bits per heavy atom. The number of alkyl halides is 3. The maximum absolute atomic E-state index is 13.0. The van der Waals surface area contributed by atoms with Crippen molar-refractivity contribution in [3.05, 3.63) is 42.2 Å². The molecule has 0 saturated carbocycles. The molecule has 1 fully saturated rings. The van der Waals surface area contributed by atoms with Crippen LogP contribution in [0.15, 0.2) is 36.6 Å². The van der Waals surface area contributed by atoms with E-state index >= 15 is 0 Å². The van der Waals surface area contributed by atoms with E-state index < -0.39 is 24.5 Å². The highest BCUT2D eigenvalue weighted by atomic mass is 19.4. The number of hydrogen-bond donors (Lipinski definition) is 1. The maximum Gasteiger partial charge on any atom is 0.580 e. The molecule has 7 heteroatoms. The van der Waals surface area contributed by atoms with Gasteiger partial charge in [0.2, 0.25) is 0 Å². The van der Waals surface area contributed by atoms with E-state index in [1.165, 1.54) is 6.07 Å². The van der Waals surface area contributed by atoms with Crippen LogP contribution in [0.4, 0.5) is 13.2 Å². The standard InChI is InChI=1S/C14H13BF3NO2/c1-8-13(2,3)21-15(20-8)11-7-9-5-4-6-10(12(9)19-11)14(16,17)18/h4-7,19H,1H2,2-3H3. The van der Waals surface area contributed by atoms with Crippen molar-refractivity contribution in [3.63, 3.8) is 0 Å². The van der Waals surface area contributed by atoms with Gasteiger partial charge in [0.05, 0.1) is 22.4 Å². The minimum Gasteiger partial charge on any atom is -0.533 e. The molecule has 0 amide bonds. The number of H-pyrrole nitrogens is 1. The zero-order valence-electron chi connectivity index (χ0n) is 11.5. The number of aromatic amines is 1. The van der Waals surface area contributed by atoms with Crippen molar-refractivity contribution in [1.29, 1.82) is 0 Å². The lowest BCUT2D eigenvalue weighted by molar-refractivity contribution is -0.136. The fourth-order valence-electron chi connectivity index (χ4n) is 2.30. The second kappa shape index (κ2) is 4.30. The summed E-state index contributed by atoms with van der Waals surface area (Å²) in [6.07, 6.45) is -4.41. The zero-order valence-corrected chi connectivity index (χ0v) is 11.5. The molecule has 0 spiro atoms. The Morgan fingerprint density at radius 3 is 2.57 bits per heavy atom. The molecule has 1 saturated heterocycles. The molecule has 0 bridgehead atoms. The summed E-state index contributed by atoms with van der Waals surface area (Å²) >= 11 is 0. The Kier molecular flexibility index (Phi) is 2.88. The van der Waals surface area contributed by atoms with Gasteiger partial charge in [-0.2, -0.15) is 13.2 Å². The number of para-hydroxylation sites is 1. The van der Waals surface area contributed by atoms with E-state index in [1.807, 2.05) is 0 Å². The molecule has 3 rings (SSSR count). The van der Waals surface area contributed by atoms with Crippen LogP contribution in [0.25, 0.3) is 10.9 Å². The van der Waals surface area contributed by atoms with E-state index in [9.17, 15) is 13.2 Å². The highest BCUT2D eigenvalue weighted by Crippen LogP contribution is 2.34. The minimum atomic E-state index is -4.41. The predicted molar refractivity (Wildman–Crippen MR) is 74.1 cm³/mol. The van der Waals surface area contributed by atoms with Gasteiger partial charge in [-0.3, -0.25) is 0 Å². The molecule has 0 unspecified atom stereocenters. The summed E-state index contributed by atoms with van der Waals surface area (Å²) in [5.41, 5.74) is -0.910. The number of benzene rings is 1. The first-order valence-electron chi connectivity index (χ1n) is 6.41. The lowest BCUT2D eigenvalue weighted by atomic mass is 9.85. The van der Waals surface area contributed by atoms with Gasteiger partial charge in [0.1, 0.15) is 5.60 Å². The quantitative estimate of drug-likeness (QED) is 0.820. The van der Waals surface area contributed by atoms with Crippen molar-refractivity contribution in [2.75, 3.05) is 0 Å². The first-order valence-corrected chi connectivity index (χ1v) is 6.41. The summed E-state index contributed by atoms with van der Waals surface area (Å²) in [6, 6.07) is 5.63.